The molecule has 0 spiro atoms. The summed E-state index contributed by atoms with van der Waals surface area (Å²) in [4.78, 5) is 7.27. The third-order valence-electron chi connectivity index (χ3n) is 4.79. The Labute approximate surface area is 167 Å². The Kier molecular flexibility index (Phi) is 8.51. The summed E-state index contributed by atoms with van der Waals surface area (Å²) in [6.45, 7) is 5.57. The number of halogens is 1. The highest BCUT2D eigenvalue weighted by Crippen LogP contribution is 2.33. The number of hydrogen-bond acceptors (Lipinski definition) is 4. The largest absolute Gasteiger partial charge is 0.469 e. The molecule has 7 heteroatoms. The summed E-state index contributed by atoms with van der Waals surface area (Å²) in [5, 5.41) is 7.03. The Bertz CT molecular complexity index is 519. The average Bonchev–Trinajstić information content (AvgIpc) is 3.15. The molecule has 0 aromatic carbocycles. The highest BCUT2D eigenvalue weighted by Gasteiger charge is 2.38. The minimum Gasteiger partial charge on any atom is -0.469 e. The Morgan fingerprint density at radius 1 is 1.44 bits per heavy atom. The lowest BCUT2D eigenvalue weighted by molar-refractivity contribution is 0.208. The van der Waals surface area contributed by atoms with Crippen LogP contribution in [0.15, 0.2) is 27.8 Å². The van der Waals surface area contributed by atoms with E-state index in [1.165, 1.54) is 19.3 Å². The van der Waals surface area contributed by atoms with Gasteiger partial charge < -0.3 is 19.8 Å². The molecule has 0 amide bonds. The maximum Gasteiger partial charge on any atom is 0.191 e. The molecule has 2 N–H and O–H groups in total. The second-order valence-electron chi connectivity index (χ2n) is 6.83. The van der Waals surface area contributed by atoms with Crippen molar-refractivity contribution in [2.45, 2.75) is 50.7 Å². The molecule has 1 aromatic rings. The normalized spacial score (nSPS) is 24.2. The Balaban J connectivity index is 0.00000225. The monoisotopic (exact) mass is 462 g/mol. The van der Waals surface area contributed by atoms with E-state index in [4.69, 9.17) is 9.15 Å². The van der Waals surface area contributed by atoms with E-state index in [1.807, 2.05) is 12.1 Å². The van der Waals surface area contributed by atoms with Gasteiger partial charge in [0.15, 0.2) is 5.96 Å². The molecular formula is C18H31IN4O2. The van der Waals surface area contributed by atoms with Crippen LogP contribution in [0.5, 0.6) is 0 Å². The first-order valence-corrected chi connectivity index (χ1v) is 9.08. The fourth-order valence-corrected chi connectivity index (χ4v) is 3.43. The standard InChI is InChI=1S/C18H30N4O2.HI/c1-14-12-15(13-22(14)16-5-6-16)21-18(20-9-11-23-2)19-8-7-17-4-3-10-24-17;/h3-4,10,14-16H,5-9,11-13H2,1-2H3,(H2,19,20,21);1H. The van der Waals surface area contributed by atoms with Gasteiger partial charge >= 0.3 is 0 Å². The number of nitrogens with zero attached hydrogens (tertiary/aromatic N) is 2. The molecule has 1 aromatic heterocycles. The smallest absolute Gasteiger partial charge is 0.191 e. The molecule has 0 radical (unpaired) electrons. The lowest BCUT2D eigenvalue weighted by atomic mass is 10.2. The molecule has 0 bridgehead atoms. The molecule has 6 nitrogen and oxygen atoms in total. The molecule has 2 aliphatic rings. The number of methoxy groups -OCH3 is 1. The number of nitrogens with one attached hydrogen (secondary N) is 2. The third kappa shape index (κ3) is 6.45. The van der Waals surface area contributed by atoms with Crippen LogP contribution in [0.4, 0.5) is 0 Å². The molecule has 142 valence electrons. The van der Waals surface area contributed by atoms with Gasteiger partial charge in [-0.15, -0.1) is 24.0 Å². The van der Waals surface area contributed by atoms with E-state index in [9.17, 15) is 0 Å². The summed E-state index contributed by atoms with van der Waals surface area (Å²) in [5.41, 5.74) is 0. The molecule has 1 saturated carbocycles. The van der Waals surface area contributed by atoms with Crippen molar-refractivity contribution >= 4 is 29.9 Å². The first-order valence-electron chi connectivity index (χ1n) is 9.08. The first-order chi connectivity index (χ1) is 11.8. The molecule has 1 saturated heterocycles. The summed E-state index contributed by atoms with van der Waals surface area (Å²) in [6.07, 6.45) is 6.49. The van der Waals surface area contributed by atoms with Gasteiger partial charge in [0.1, 0.15) is 5.76 Å². The predicted molar refractivity (Wildman–Crippen MR) is 111 cm³/mol. The summed E-state index contributed by atoms with van der Waals surface area (Å²) in [5.74, 6) is 1.88. The van der Waals surface area contributed by atoms with Crippen molar-refractivity contribution in [2.24, 2.45) is 4.99 Å². The zero-order valence-electron chi connectivity index (χ0n) is 15.2. The second kappa shape index (κ2) is 10.4. The van der Waals surface area contributed by atoms with Gasteiger partial charge in [0.05, 0.1) is 19.4 Å². The molecule has 3 rings (SSSR count). The highest BCUT2D eigenvalue weighted by molar-refractivity contribution is 14.0. The van der Waals surface area contributed by atoms with Crippen molar-refractivity contribution in [2.75, 3.05) is 33.4 Å². The van der Waals surface area contributed by atoms with Crippen molar-refractivity contribution in [1.29, 1.82) is 0 Å². The molecule has 25 heavy (non-hydrogen) atoms. The number of hydrogen-bond donors (Lipinski definition) is 2. The van der Waals surface area contributed by atoms with Crippen LogP contribution in [0.2, 0.25) is 0 Å². The Hall–Kier alpha value is -0.800. The van der Waals surface area contributed by atoms with E-state index >= 15 is 0 Å². The van der Waals surface area contributed by atoms with Crippen LogP contribution in [0.3, 0.4) is 0 Å². The lowest BCUT2D eigenvalue weighted by Crippen LogP contribution is -2.45. The number of likely N-dealkylation sites (tertiary alicyclic amines) is 1. The van der Waals surface area contributed by atoms with Crippen LogP contribution < -0.4 is 10.6 Å². The maximum absolute atomic E-state index is 5.38. The number of ether oxygens (including phenoxy) is 1. The zero-order valence-corrected chi connectivity index (χ0v) is 17.6. The van der Waals surface area contributed by atoms with E-state index in [2.05, 4.69) is 27.4 Å². The van der Waals surface area contributed by atoms with E-state index in [-0.39, 0.29) is 24.0 Å². The van der Waals surface area contributed by atoms with Gasteiger partial charge in [0.25, 0.3) is 0 Å². The summed E-state index contributed by atoms with van der Waals surface area (Å²) < 4.78 is 10.5. The van der Waals surface area contributed by atoms with Gasteiger partial charge in [0, 0.05) is 44.7 Å². The Morgan fingerprint density at radius 2 is 2.28 bits per heavy atom. The molecular weight excluding hydrogens is 431 g/mol. The summed E-state index contributed by atoms with van der Waals surface area (Å²) >= 11 is 0. The average molecular weight is 462 g/mol. The Morgan fingerprint density at radius 3 is 2.96 bits per heavy atom. The van der Waals surface area contributed by atoms with Crippen LogP contribution in [-0.4, -0.2) is 62.3 Å². The van der Waals surface area contributed by atoms with Crippen LogP contribution in [0.1, 0.15) is 31.9 Å². The van der Waals surface area contributed by atoms with E-state index in [0.717, 1.165) is 37.3 Å². The quantitative estimate of drug-likeness (QED) is 0.269. The number of guanidine groups is 1. The van der Waals surface area contributed by atoms with Gasteiger partial charge in [-0.05, 0) is 38.3 Å². The van der Waals surface area contributed by atoms with Gasteiger partial charge in [-0.2, -0.15) is 0 Å². The van der Waals surface area contributed by atoms with Crippen molar-refractivity contribution in [3.8, 4) is 0 Å². The molecule has 2 heterocycles. The van der Waals surface area contributed by atoms with Crippen LogP contribution >= 0.6 is 24.0 Å². The van der Waals surface area contributed by atoms with E-state index in [1.54, 1.807) is 13.4 Å². The van der Waals surface area contributed by atoms with Crippen molar-refractivity contribution in [3.63, 3.8) is 0 Å². The number of aliphatic imine (C=N–C) groups is 1. The fourth-order valence-electron chi connectivity index (χ4n) is 3.43. The van der Waals surface area contributed by atoms with Crippen LogP contribution in [0.25, 0.3) is 0 Å². The van der Waals surface area contributed by atoms with Crippen molar-refractivity contribution < 1.29 is 9.15 Å². The van der Waals surface area contributed by atoms with Gasteiger partial charge in [0.2, 0.25) is 0 Å². The topological polar surface area (TPSA) is 62.0 Å². The first kappa shape index (κ1) is 20.5. The second-order valence-corrected chi connectivity index (χ2v) is 6.83. The SMILES string of the molecule is COCCN=C(NCCc1ccco1)NC1CC(C)N(C2CC2)C1.I. The molecule has 2 atom stereocenters. The van der Waals surface area contributed by atoms with Crippen LogP contribution in [-0.2, 0) is 11.2 Å². The minimum atomic E-state index is 0. The minimum absolute atomic E-state index is 0. The molecule has 2 unspecified atom stereocenters. The zero-order chi connectivity index (χ0) is 16.8. The maximum atomic E-state index is 5.38. The summed E-state index contributed by atoms with van der Waals surface area (Å²) in [6, 6.07) is 5.89. The molecule has 1 aliphatic heterocycles. The van der Waals surface area contributed by atoms with Crippen molar-refractivity contribution in [1.82, 2.24) is 15.5 Å². The lowest BCUT2D eigenvalue weighted by Gasteiger charge is -2.20. The van der Waals surface area contributed by atoms with Gasteiger partial charge in [-0.3, -0.25) is 9.89 Å². The molecule has 1 aliphatic carbocycles. The van der Waals surface area contributed by atoms with Crippen LogP contribution in [0, 0.1) is 0 Å². The fraction of sp³-hybridized carbons (Fsp3) is 0.722. The van der Waals surface area contributed by atoms with Gasteiger partial charge in [-0.1, -0.05) is 0 Å². The van der Waals surface area contributed by atoms with E-state index in [0.29, 0.717) is 25.2 Å². The van der Waals surface area contributed by atoms with Crippen molar-refractivity contribution in [3.05, 3.63) is 24.2 Å². The number of rotatable bonds is 8. The third-order valence-corrected chi connectivity index (χ3v) is 4.79. The van der Waals surface area contributed by atoms with E-state index < -0.39 is 0 Å². The summed E-state index contributed by atoms with van der Waals surface area (Å²) in [7, 11) is 1.71. The van der Waals surface area contributed by atoms with Gasteiger partial charge in [-0.25, -0.2) is 0 Å². The number of furan rings is 1. The molecule has 2 fully saturated rings. The highest BCUT2D eigenvalue weighted by atomic mass is 127. The predicted octanol–water partition coefficient (Wildman–Crippen LogP) is 2.25.